The Morgan fingerprint density at radius 1 is 0.933 bits per heavy atom. The molecule has 0 aromatic carbocycles. The van der Waals surface area contributed by atoms with E-state index in [9.17, 15) is 0 Å². The van der Waals surface area contributed by atoms with Gasteiger partial charge in [0.05, 0.1) is 0 Å². The van der Waals surface area contributed by atoms with Crippen LogP contribution in [-0.4, -0.2) is 35.1 Å². The van der Waals surface area contributed by atoms with Crippen molar-refractivity contribution in [1.82, 2.24) is 10.2 Å². The fraction of sp³-hybridized carbons (Fsp3) is 1.00. The lowest BCUT2D eigenvalue weighted by Crippen LogP contribution is -2.46. The number of nitrogens with zero attached hydrogens (tertiary/aromatic N) is 1. The Balaban J connectivity index is 1.84. The summed E-state index contributed by atoms with van der Waals surface area (Å²) in [6, 6.07) is 0.795. The standard InChI is InChI=1S/C13H26N2/c1-12(2,3)14-11-9-7-15(8-10(9)11)13(4,5)6/h9-11,14H,7-8H2,1-6H3. The molecule has 1 saturated heterocycles. The van der Waals surface area contributed by atoms with Gasteiger partial charge in [-0.1, -0.05) is 0 Å². The maximum Gasteiger partial charge on any atom is 0.0160 e. The Bertz CT molecular complexity index is 234. The molecule has 2 heteroatoms. The SMILES string of the molecule is CC(C)(C)NC1C2CN(C(C)(C)C)CC21. The molecule has 1 aliphatic carbocycles. The van der Waals surface area contributed by atoms with Crippen molar-refractivity contribution in [2.45, 2.75) is 58.7 Å². The first-order chi connectivity index (χ1) is 6.68. The minimum Gasteiger partial charge on any atom is -0.309 e. The van der Waals surface area contributed by atoms with Gasteiger partial charge in [0.1, 0.15) is 0 Å². The molecule has 0 aromatic rings. The van der Waals surface area contributed by atoms with Gasteiger partial charge in [-0.2, -0.15) is 0 Å². The Hall–Kier alpha value is -0.0800. The van der Waals surface area contributed by atoms with E-state index in [0.29, 0.717) is 5.54 Å². The predicted octanol–water partition coefficient (Wildman–Crippen LogP) is 2.10. The monoisotopic (exact) mass is 210 g/mol. The van der Waals surface area contributed by atoms with Gasteiger partial charge in [0.25, 0.3) is 0 Å². The van der Waals surface area contributed by atoms with Gasteiger partial charge in [0.15, 0.2) is 0 Å². The largest absolute Gasteiger partial charge is 0.309 e. The van der Waals surface area contributed by atoms with Crippen molar-refractivity contribution < 1.29 is 0 Å². The van der Waals surface area contributed by atoms with Crippen LogP contribution in [0.1, 0.15) is 41.5 Å². The second kappa shape index (κ2) is 3.21. The highest BCUT2D eigenvalue weighted by molar-refractivity contribution is 5.12. The van der Waals surface area contributed by atoms with E-state index in [-0.39, 0.29) is 5.54 Å². The molecule has 0 amide bonds. The molecule has 88 valence electrons. The second-order valence-electron chi connectivity index (χ2n) is 7.32. The molecule has 0 aromatic heterocycles. The maximum absolute atomic E-state index is 3.74. The molecule has 2 aliphatic rings. The van der Waals surface area contributed by atoms with Gasteiger partial charge in [-0.25, -0.2) is 0 Å². The molecule has 1 N–H and O–H groups in total. The van der Waals surface area contributed by atoms with Gasteiger partial charge in [-0.05, 0) is 53.4 Å². The minimum absolute atomic E-state index is 0.279. The van der Waals surface area contributed by atoms with Crippen molar-refractivity contribution in [3.63, 3.8) is 0 Å². The number of fused-ring (bicyclic) bond motifs is 1. The summed E-state index contributed by atoms with van der Waals surface area (Å²) in [5.74, 6) is 1.84. The zero-order valence-corrected chi connectivity index (χ0v) is 11.1. The number of rotatable bonds is 1. The van der Waals surface area contributed by atoms with Crippen LogP contribution in [0.4, 0.5) is 0 Å². The summed E-state index contributed by atoms with van der Waals surface area (Å²) in [4.78, 5) is 2.63. The second-order valence-corrected chi connectivity index (χ2v) is 7.32. The van der Waals surface area contributed by atoms with E-state index in [1.54, 1.807) is 0 Å². The van der Waals surface area contributed by atoms with Gasteiger partial charge in [0.2, 0.25) is 0 Å². The van der Waals surface area contributed by atoms with Crippen LogP contribution in [0.5, 0.6) is 0 Å². The highest BCUT2D eigenvalue weighted by Crippen LogP contribution is 2.48. The summed E-state index contributed by atoms with van der Waals surface area (Å²) in [5, 5.41) is 3.74. The van der Waals surface area contributed by atoms with E-state index in [4.69, 9.17) is 0 Å². The Kier molecular flexibility index (Phi) is 2.44. The van der Waals surface area contributed by atoms with Crippen LogP contribution in [0.25, 0.3) is 0 Å². The van der Waals surface area contributed by atoms with Gasteiger partial charge in [-0.3, -0.25) is 4.90 Å². The molecule has 2 unspecified atom stereocenters. The van der Waals surface area contributed by atoms with Crippen molar-refractivity contribution in [3.8, 4) is 0 Å². The number of nitrogens with one attached hydrogen (secondary N) is 1. The molecule has 2 fully saturated rings. The molecule has 2 rings (SSSR count). The summed E-state index contributed by atoms with van der Waals surface area (Å²) >= 11 is 0. The van der Waals surface area contributed by atoms with Gasteiger partial charge in [-0.15, -0.1) is 0 Å². The van der Waals surface area contributed by atoms with Gasteiger partial charge >= 0.3 is 0 Å². The molecule has 1 heterocycles. The number of likely N-dealkylation sites (tertiary alicyclic amines) is 1. The molecule has 1 saturated carbocycles. The van der Waals surface area contributed by atoms with E-state index in [2.05, 4.69) is 51.8 Å². The highest BCUT2D eigenvalue weighted by atomic mass is 15.3. The molecule has 2 nitrogen and oxygen atoms in total. The molecule has 0 radical (unpaired) electrons. The summed E-state index contributed by atoms with van der Waals surface area (Å²) in [5.41, 5.74) is 0.640. The van der Waals surface area contributed by atoms with Crippen molar-refractivity contribution in [2.75, 3.05) is 13.1 Å². The van der Waals surface area contributed by atoms with Crippen molar-refractivity contribution in [3.05, 3.63) is 0 Å². The van der Waals surface area contributed by atoms with Crippen LogP contribution in [0.3, 0.4) is 0 Å². The average molecular weight is 210 g/mol. The third-order valence-corrected chi connectivity index (χ3v) is 3.74. The van der Waals surface area contributed by atoms with Gasteiger partial charge in [0, 0.05) is 30.2 Å². The quantitative estimate of drug-likeness (QED) is 0.713. The van der Waals surface area contributed by atoms with E-state index in [1.807, 2.05) is 0 Å². The predicted molar refractivity (Wildman–Crippen MR) is 65.0 cm³/mol. The third kappa shape index (κ3) is 2.36. The molecular formula is C13H26N2. The van der Waals surface area contributed by atoms with Crippen LogP contribution >= 0.6 is 0 Å². The van der Waals surface area contributed by atoms with Crippen molar-refractivity contribution in [1.29, 1.82) is 0 Å². The summed E-state index contributed by atoms with van der Waals surface area (Å²) < 4.78 is 0. The molecule has 15 heavy (non-hydrogen) atoms. The number of piperidine rings is 1. The summed E-state index contributed by atoms with van der Waals surface area (Å²) in [6.45, 7) is 16.4. The normalized spacial score (nSPS) is 36.8. The minimum atomic E-state index is 0.279. The van der Waals surface area contributed by atoms with E-state index >= 15 is 0 Å². The lowest BCUT2D eigenvalue weighted by molar-refractivity contribution is 0.147. The van der Waals surface area contributed by atoms with Crippen LogP contribution < -0.4 is 5.32 Å². The number of hydrogen-bond donors (Lipinski definition) is 1. The Morgan fingerprint density at radius 2 is 1.40 bits per heavy atom. The first-order valence-corrected chi connectivity index (χ1v) is 6.21. The Morgan fingerprint density at radius 3 is 1.73 bits per heavy atom. The zero-order chi connectivity index (χ0) is 11.4. The smallest absolute Gasteiger partial charge is 0.0160 e. The first kappa shape index (κ1) is 11.4. The first-order valence-electron chi connectivity index (χ1n) is 6.21. The van der Waals surface area contributed by atoms with Crippen LogP contribution in [0.15, 0.2) is 0 Å². The molecule has 2 atom stereocenters. The maximum atomic E-state index is 3.74. The molecule has 1 aliphatic heterocycles. The topological polar surface area (TPSA) is 15.3 Å². The van der Waals surface area contributed by atoms with E-state index in [0.717, 1.165) is 17.9 Å². The molecule has 0 bridgehead atoms. The van der Waals surface area contributed by atoms with Gasteiger partial charge < -0.3 is 5.32 Å². The lowest BCUT2D eigenvalue weighted by atomic mass is 10.1. The lowest BCUT2D eigenvalue weighted by Gasteiger charge is -2.34. The van der Waals surface area contributed by atoms with Crippen LogP contribution in [-0.2, 0) is 0 Å². The van der Waals surface area contributed by atoms with Crippen LogP contribution in [0.2, 0.25) is 0 Å². The summed E-state index contributed by atoms with van der Waals surface area (Å²) in [7, 11) is 0. The Labute approximate surface area is 94.4 Å². The summed E-state index contributed by atoms with van der Waals surface area (Å²) in [6.07, 6.45) is 0. The third-order valence-electron chi connectivity index (χ3n) is 3.74. The molecule has 0 spiro atoms. The fourth-order valence-corrected chi connectivity index (χ4v) is 2.79. The average Bonchev–Trinajstić information content (AvgIpc) is 2.50. The fourth-order valence-electron chi connectivity index (χ4n) is 2.79. The molecular weight excluding hydrogens is 184 g/mol. The van der Waals surface area contributed by atoms with E-state index < -0.39 is 0 Å². The van der Waals surface area contributed by atoms with Crippen molar-refractivity contribution in [2.24, 2.45) is 11.8 Å². The van der Waals surface area contributed by atoms with Crippen molar-refractivity contribution >= 4 is 0 Å². The highest BCUT2D eigenvalue weighted by Gasteiger charge is 2.57. The number of hydrogen-bond acceptors (Lipinski definition) is 2. The van der Waals surface area contributed by atoms with E-state index in [1.165, 1.54) is 13.1 Å². The zero-order valence-electron chi connectivity index (χ0n) is 11.1. The van der Waals surface area contributed by atoms with Crippen LogP contribution in [0, 0.1) is 11.8 Å².